The second-order valence-corrected chi connectivity index (χ2v) is 5.19. The van der Waals surface area contributed by atoms with Crippen LogP contribution in [0, 0.1) is 0 Å². The molecule has 0 aliphatic rings. The van der Waals surface area contributed by atoms with Crippen LogP contribution < -0.4 is 5.32 Å². The van der Waals surface area contributed by atoms with Crippen molar-refractivity contribution in [3.05, 3.63) is 35.5 Å². The Balaban J connectivity index is 2.20. The Morgan fingerprint density at radius 2 is 2.00 bits per heavy atom. The van der Waals surface area contributed by atoms with Gasteiger partial charge in [0, 0.05) is 25.1 Å². The normalized spacial score (nSPS) is 12.6. The van der Waals surface area contributed by atoms with Crippen molar-refractivity contribution < 1.29 is 0 Å². The van der Waals surface area contributed by atoms with Crippen LogP contribution in [0.3, 0.4) is 0 Å². The van der Waals surface area contributed by atoms with Gasteiger partial charge >= 0.3 is 0 Å². The average molecular weight is 287 g/mol. The Morgan fingerprint density at radius 1 is 1.19 bits per heavy atom. The van der Waals surface area contributed by atoms with Gasteiger partial charge < -0.3 is 5.32 Å². The fourth-order valence-corrected chi connectivity index (χ4v) is 2.21. The molecule has 0 saturated heterocycles. The molecular formula is C16H25N5. The first-order valence-electron chi connectivity index (χ1n) is 7.84. The van der Waals surface area contributed by atoms with Crippen molar-refractivity contribution in [1.82, 2.24) is 25.1 Å². The van der Waals surface area contributed by atoms with Crippen LogP contribution in [0.25, 0.3) is 5.82 Å². The molecule has 2 aromatic rings. The zero-order valence-electron chi connectivity index (χ0n) is 13.4. The zero-order valence-corrected chi connectivity index (χ0v) is 13.4. The number of hydrogen-bond donors (Lipinski definition) is 1. The van der Waals surface area contributed by atoms with Crippen LogP contribution in [-0.4, -0.2) is 26.3 Å². The van der Waals surface area contributed by atoms with Crippen LogP contribution in [0.5, 0.6) is 0 Å². The van der Waals surface area contributed by atoms with Gasteiger partial charge in [0.05, 0.1) is 0 Å². The molecule has 2 rings (SSSR count). The highest BCUT2D eigenvalue weighted by Gasteiger charge is 2.11. The molecule has 1 atom stereocenters. The Hall–Kier alpha value is -1.75. The summed E-state index contributed by atoms with van der Waals surface area (Å²) in [7, 11) is 0. The molecule has 0 bridgehead atoms. The molecule has 114 valence electrons. The molecule has 5 heteroatoms. The molecule has 1 unspecified atom stereocenters. The summed E-state index contributed by atoms with van der Waals surface area (Å²) in [5.41, 5.74) is 1.20. The summed E-state index contributed by atoms with van der Waals surface area (Å²) >= 11 is 0. The minimum absolute atomic E-state index is 0.319. The van der Waals surface area contributed by atoms with E-state index in [-0.39, 0.29) is 0 Å². The molecule has 0 spiro atoms. The smallest absolute Gasteiger partial charge is 0.155 e. The van der Waals surface area contributed by atoms with E-state index in [4.69, 9.17) is 0 Å². The number of aryl methyl sites for hydroxylation is 2. The van der Waals surface area contributed by atoms with E-state index in [2.05, 4.69) is 54.1 Å². The maximum atomic E-state index is 4.55. The summed E-state index contributed by atoms with van der Waals surface area (Å²) < 4.78 is 1.85. The van der Waals surface area contributed by atoms with Crippen molar-refractivity contribution in [1.29, 1.82) is 0 Å². The highest BCUT2D eigenvalue weighted by atomic mass is 15.4. The molecule has 0 amide bonds. The van der Waals surface area contributed by atoms with E-state index in [9.17, 15) is 0 Å². The summed E-state index contributed by atoms with van der Waals surface area (Å²) in [4.78, 5) is 9.08. The summed E-state index contributed by atoms with van der Waals surface area (Å²) in [5, 5.41) is 7.99. The molecule has 2 aromatic heterocycles. The average Bonchev–Trinajstić information content (AvgIpc) is 2.96. The van der Waals surface area contributed by atoms with E-state index >= 15 is 0 Å². The Morgan fingerprint density at radius 3 is 2.57 bits per heavy atom. The molecule has 0 aromatic carbocycles. The minimum atomic E-state index is 0.319. The van der Waals surface area contributed by atoms with E-state index in [1.165, 1.54) is 5.56 Å². The van der Waals surface area contributed by atoms with Crippen LogP contribution in [0.1, 0.15) is 57.4 Å². The molecular weight excluding hydrogens is 262 g/mol. The Kier molecular flexibility index (Phi) is 5.44. The number of nitrogens with zero attached hydrogens (tertiary/aromatic N) is 4. The lowest BCUT2D eigenvalue weighted by Crippen LogP contribution is -2.19. The summed E-state index contributed by atoms with van der Waals surface area (Å²) in [6.45, 7) is 9.51. The van der Waals surface area contributed by atoms with Crippen LogP contribution in [-0.2, 0) is 12.8 Å². The van der Waals surface area contributed by atoms with Crippen molar-refractivity contribution in [2.24, 2.45) is 0 Å². The third-order valence-corrected chi connectivity index (χ3v) is 3.54. The number of hydrogen-bond acceptors (Lipinski definition) is 4. The predicted octanol–water partition coefficient (Wildman–Crippen LogP) is 2.85. The van der Waals surface area contributed by atoms with Crippen LogP contribution >= 0.6 is 0 Å². The van der Waals surface area contributed by atoms with Crippen LogP contribution in [0.15, 0.2) is 18.3 Å². The fraction of sp³-hybridized carbons (Fsp3) is 0.562. The standard InChI is InChI=1S/C16H25N5/c1-5-10-17-12(4)13-8-9-16(18-11-13)21-15(7-3)19-14(6-2)20-21/h8-9,11-12,17H,5-7,10H2,1-4H3. The maximum absolute atomic E-state index is 4.55. The van der Waals surface area contributed by atoms with Crippen molar-refractivity contribution >= 4 is 0 Å². The highest BCUT2D eigenvalue weighted by Crippen LogP contribution is 2.14. The summed E-state index contributed by atoms with van der Waals surface area (Å²) in [6.07, 6.45) is 4.75. The summed E-state index contributed by atoms with van der Waals surface area (Å²) in [5.74, 6) is 2.67. The fourth-order valence-electron chi connectivity index (χ4n) is 2.21. The lowest BCUT2D eigenvalue weighted by atomic mass is 10.1. The van der Waals surface area contributed by atoms with E-state index in [0.717, 1.165) is 43.3 Å². The van der Waals surface area contributed by atoms with Gasteiger partial charge in [0.1, 0.15) is 5.82 Å². The molecule has 2 heterocycles. The topological polar surface area (TPSA) is 55.6 Å². The molecule has 1 N–H and O–H groups in total. The SMILES string of the molecule is CCCNC(C)c1ccc(-n2nc(CC)nc2CC)nc1. The third-order valence-electron chi connectivity index (χ3n) is 3.54. The van der Waals surface area contributed by atoms with Gasteiger partial charge in [0.15, 0.2) is 11.6 Å². The van der Waals surface area contributed by atoms with E-state index in [0.29, 0.717) is 6.04 Å². The largest absolute Gasteiger partial charge is 0.310 e. The van der Waals surface area contributed by atoms with Gasteiger partial charge in [-0.15, -0.1) is 5.10 Å². The zero-order chi connectivity index (χ0) is 15.2. The van der Waals surface area contributed by atoms with Crippen molar-refractivity contribution in [3.63, 3.8) is 0 Å². The van der Waals surface area contributed by atoms with E-state index in [1.807, 2.05) is 16.9 Å². The number of pyridine rings is 1. The number of nitrogens with one attached hydrogen (secondary N) is 1. The van der Waals surface area contributed by atoms with Crippen molar-refractivity contribution in [3.8, 4) is 5.82 Å². The van der Waals surface area contributed by atoms with E-state index in [1.54, 1.807) is 0 Å². The minimum Gasteiger partial charge on any atom is -0.310 e. The van der Waals surface area contributed by atoms with Gasteiger partial charge in [0.25, 0.3) is 0 Å². The van der Waals surface area contributed by atoms with Gasteiger partial charge in [-0.05, 0) is 31.5 Å². The number of rotatable bonds is 7. The van der Waals surface area contributed by atoms with Gasteiger partial charge in [-0.3, -0.25) is 0 Å². The molecule has 0 radical (unpaired) electrons. The van der Waals surface area contributed by atoms with Gasteiger partial charge in [-0.2, -0.15) is 4.68 Å². The monoisotopic (exact) mass is 287 g/mol. The summed E-state index contributed by atoms with van der Waals surface area (Å²) in [6, 6.07) is 4.45. The first-order valence-corrected chi connectivity index (χ1v) is 7.84. The third kappa shape index (κ3) is 3.67. The molecule has 0 aliphatic carbocycles. The second-order valence-electron chi connectivity index (χ2n) is 5.19. The van der Waals surface area contributed by atoms with Gasteiger partial charge in [0.2, 0.25) is 0 Å². The first kappa shape index (κ1) is 15.6. The highest BCUT2D eigenvalue weighted by molar-refractivity contribution is 5.27. The van der Waals surface area contributed by atoms with E-state index < -0.39 is 0 Å². The lowest BCUT2D eigenvalue weighted by molar-refractivity contribution is 0.568. The Bertz CT molecular complexity index is 559. The molecule has 5 nitrogen and oxygen atoms in total. The predicted molar refractivity (Wildman–Crippen MR) is 84.6 cm³/mol. The van der Waals surface area contributed by atoms with Gasteiger partial charge in [-0.1, -0.05) is 26.8 Å². The van der Waals surface area contributed by atoms with Crippen molar-refractivity contribution in [2.75, 3.05) is 6.54 Å². The molecule has 0 aliphatic heterocycles. The molecule has 0 fully saturated rings. The van der Waals surface area contributed by atoms with Crippen LogP contribution in [0.2, 0.25) is 0 Å². The maximum Gasteiger partial charge on any atom is 0.155 e. The lowest BCUT2D eigenvalue weighted by Gasteiger charge is -2.13. The quantitative estimate of drug-likeness (QED) is 0.851. The first-order chi connectivity index (χ1) is 10.2. The van der Waals surface area contributed by atoms with Crippen LogP contribution in [0.4, 0.5) is 0 Å². The van der Waals surface area contributed by atoms with Crippen molar-refractivity contribution in [2.45, 2.75) is 53.0 Å². The molecule has 0 saturated carbocycles. The number of aromatic nitrogens is 4. The van der Waals surface area contributed by atoms with Gasteiger partial charge in [-0.25, -0.2) is 9.97 Å². The Labute approximate surface area is 126 Å². The second kappa shape index (κ2) is 7.31. The molecule has 21 heavy (non-hydrogen) atoms.